The van der Waals surface area contributed by atoms with Gasteiger partial charge in [0.2, 0.25) is 5.69 Å². The highest BCUT2D eigenvalue weighted by Crippen LogP contribution is 2.70. The van der Waals surface area contributed by atoms with Gasteiger partial charge < -0.3 is 9.80 Å². The average Bonchev–Trinajstić information content (AvgIpc) is 1.62. The first-order valence-corrected chi connectivity index (χ1v) is 34.0. The van der Waals surface area contributed by atoms with Gasteiger partial charge in [0.05, 0.1) is 51.8 Å². The second-order valence-corrected chi connectivity index (χ2v) is 27.4. The van der Waals surface area contributed by atoms with Crippen molar-refractivity contribution in [3.05, 3.63) is 364 Å². The Hall–Kier alpha value is -11.6. The lowest BCUT2D eigenvalue weighted by molar-refractivity contribution is 0.284. The van der Waals surface area contributed by atoms with Crippen molar-refractivity contribution in [1.82, 2.24) is 0 Å². The highest BCUT2D eigenvalue weighted by atomic mass is 15.2. The molecule has 0 aliphatic heterocycles. The van der Waals surface area contributed by atoms with Gasteiger partial charge in [0.1, 0.15) is 0 Å². The van der Waals surface area contributed by atoms with E-state index < -0.39 is 21.7 Å². The van der Waals surface area contributed by atoms with Crippen LogP contribution >= 0.6 is 0 Å². The van der Waals surface area contributed by atoms with Crippen molar-refractivity contribution in [2.24, 2.45) is 0 Å². The molecule has 5 aliphatic rings. The Bertz CT molecular complexity index is 5020. The number of rotatable bonds is 10. The van der Waals surface area contributed by atoms with E-state index in [2.05, 4.69) is 335 Å². The van der Waals surface area contributed by atoms with Crippen LogP contribution in [0.5, 0.6) is 0 Å². The molecule has 13 aromatic carbocycles. The Balaban J connectivity index is 0.980. The molecule has 13 aromatic rings. The highest BCUT2D eigenvalue weighted by molar-refractivity contribution is 6.08. The average molecular weight is 1230 g/mol. The van der Waals surface area contributed by atoms with E-state index in [1.54, 1.807) is 0 Å². The molecule has 2 unspecified atom stereocenters. The molecule has 96 heavy (non-hydrogen) atoms. The molecule has 5 aliphatic carbocycles. The lowest BCUT2D eigenvalue weighted by Crippen LogP contribution is -2.40. The van der Waals surface area contributed by atoms with Crippen LogP contribution in [-0.4, -0.2) is 0 Å². The van der Waals surface area contributed by atoms with Gasteiger partial charge >= 0.3 is 0 Å². The molecule has 18 rings (SSSR count). The second kappa shape index (κ2) is 21.5. The number of anilines is 6. The van der Waals surface area contributed by atoms with Crippen molar-refractivity contribution in [1.29, 1.82) is 5.26 Å². The quantitative estimate of drug-likeness (QED) is 0.128. The van der Waals surface area contributed by atoms with Gasteiger partial charge in [0.25, 0.3) is 0 Å². The zero-order valence-electron chi connectivity index (χ0n) is 54.3. The van der Waals surface area contributed by atoms with Crippen LogP contribution in [0.4, 0.5) is 39.8 Å². The molecule has 0 saturated carbocycles. The third-order valence-corrected chi connectivity index (χ3v) is 23.0. The van der Waals surface area contributed by atoms with Gasteiger partial charge in [0.15, 0.2) is 0 Å². The number of nitrogens with zero attached hydrogens (tertiary/aromatic N) is 4. The van der Waals surface area contributed by atoms with E-state index in [1.165, 1.54) is 66.8 Å². The molecular formula is C92H68N4. The molecule has 0 N–H and O–H groups in total. The van der Waals surface area contributed by atoms with Gasteiger partial charge in [-0.15, -0.1) is 0 Å². The first-order chi connectivity index (χ1) is 47.2. The van der Waals surface area contributed by atoms with E-state index in [4.69, 9.17) is 4.85 Å². The summed E-state index contributed by atoms with van der Waals surface area (Å²) in [4.78, 5) is 9.77. The molecule has 4 nitrogen and oxygen atoms in total. The minimum absolute atomic E-state index is 0.336. The Morgan fingerprint density at radius 3 is 1.01 bits per heavy atom. The van der Waals surface area contributed by atoms with Gasteiger partial charge in [-0.1, -0.05) is 282 Å². The van der Waals surface area contributed by atoms with E-state index in [9.17, 15) is 11.8 Å². The van der Waals surface area contributed by atoms with Gasteiger partial charge in [-0.2, -0.15) is 5.26 Å². The van der Waals surface area contributed by atoms with Crippen LogP contribution in [0.1, 0.15) is 115 Å². The van der Waals surface area contributed by atoms with Crippen LogP contribution in [0.15, 0.2) is 291 Å². The van der Waals surface area contributed by atoms with Crippen LogP contribution in [0.3, 0.4) is 0 Å². The third-order valence-electron chi connectivity index (χ3n) is 23.0. The lowest BCUT2D eigenvalue weighted by Gasteiger charge is -2.50. The van der Waals surface area contributed by atoms with Crippen molar-refractivity contribution >= 4 is 39.8 Å². The van der Waals surface area contributed by atoms with Crippen LogP contribution in [0.2, 0.25) is 0 Å². The van der Waals surface area contributed by atoms with Crippen molar-refractivity contribution in [3.63, 3.8) is 0 Å². The summed E-state index contributed by atoms with van der Waals surface area (Å²) in [5.41, 5.74) is 29.9. The van der Waals surface area contributed by atoms with E-state index in [1.807, 2.05) is 0 Å². The monoisotopic (exact) mass is 1230 g/mol. The maximum atomic E-state index is 12.9. The maximum Gasteiger partial charge on any atom is 0.230 e. The van der Waals surface area contributed by atoms with Crippen molar-refractivity contribution in [2.45, 2.75) is 75.0 Å². The summed E-state index contributed by atoms with van der Waals surface area (Å²) in [6.07, 6.45) is 3.35. The van der Waals surface area contributed by atoms with Crippen molar-refractivity contribution in [2.75, 3.05) is 9.80 Å². The van der Waals surface area contributed by atoms with Crippen molar-refractivity contribution in [3.8, 4) is 72.8 Å². The molecule has 0 bridgehead atoms. The zero-order chi connectivity index (χ0) is 64.7. The standard InChI is InChI=1S/C92H68N4/c1-6-89(3)56-57-90(4,7-2)85-84(89)87(95(63-52-48-61(49-53-63)59-28-10-8-11-29-59)80-46-26-44-78-82(80)69-36-18-24-42-76(69)91(78)72-38-20-14-32-65(72)66-33-15-21-39-73(66)91)71(58-93)86(94-5)88(85)96(64-54-50-62(51-55-64)60-30-12-9-13-31-60)81-47-27-45-79-83(81)70-37-19-25-43-77(70)92(79)74-40-22-16-34-67(74)68-35-17-23-41-75(68)92/h8-55H,6-7,56-57H2,1-4H3. The van der Waals surface area contributed by atoms with Crippen LogP contribution in [-0.2, 0) is 21.7 Å². The number of fused-ring (bicyclic) bond motifs is 21. The summed E-state index contributed by atoms with van der Waals surface area (Å²) in [7, 11) is 0. The SMILES string of the molecule is [C-]#[N+]c1c(C#N)c(N(c2ccc(-c3ccccc3)cc2)c2cccc3c2-c2ccccc2C32c3ccccc3-c3ccccc32)c2c(c1N(c1ccc(-c3ccccc3)cc1)c1cccc3c1-c1ccccc1C31c3ccccc3-c3ccccc31)C(C)(CC)CCC2(C)CC. The lowest BCUT2D eigenvalue weighted by atomic mass is 9.58. The third kappa shape index (κ3) is 7.64. The molecule has 2 atom stereocenters. The molecule has 4 heteroatoms. The molecule has 0 heterocycles. The Morgan fingerprint density at radius 2 is 0.656 bits per heavy atom. The number of hydrogen-bond acceptors (Lipinski definition) is 3. The Morgan fingerprint density at radius 1 is 0.354 bits per heavy atom. The van der Waals surface area contributed by atoms with Crippen LogP contribution in [0, 0.1) is 17.9 Å². The molecule has 0 amide bonds. The van der Waals surface area contributed by atoms with Gasteiger partial charge in [-0.3, -0.25) is 0 Å². The Labute approximate surface area is 563 Å². The molecule has 0 aromatic heterocycles. The van der Waals surface area contributed by atoms with Crippen LogP contribution < -0.4 is 9.80 Å². The summed E-state index contributed by atoms with van der Waals surface area (Å²) in [6.45, 7) is 19.6. The topological polar surface area (TPSA) is 34.6 Å². The molecular weight excluding hydrogens is 1160 g/mol. The van der Waals surface area contributed by atoms with E-state index in [-0.39, 0.29) is 0 Å². The van der Waals surface area contributed by atoms with E-state index in [0.29, 0.717) is 11.3 Å². The fourth-order valence-electron chi connectivity index (χ4n) is 18.3. The normalized spacial score (nSPS) is 17.0. The summed E-state index contributed by atoms with van der Waals surface area (Å²) in [5.74, 6) is 0. The van der Waals surface area contributed by atoms with Gasteiger partial charge in [-0.25, -0.2) is 4.85 Å². The minimum Gasteiger partial charge on any atom is -0.319 e. The van der Waals surface area contributed by atoms with Gasteiger partial charge in [-0.05, 0) is 184 Å². The largest absolute Gasteiger partial charge is 0.319 e. The molecule has 0 radical (unpaired) electrons. The number of benzene rings is 13. The van der Waals surface area contributed by atoms with Crippen molar-refractivity contribution < 1.29 is 0 Å². The first kappa shape index (κ1) is 57.1. The summed E-state index contributed by atoms with van der Waals surface area (Å²) in [6, 6.07) is 110. The Kier molecular flexibility index (Phi) is 12.8. The van der Waals surface area contributed by atoms with Gasteiger partial charge in [0, 0.05) is 22.5 Å². The smallest absolute Gasteiger partial charge is 0.230 e. The zero-order valence-corrected chi connectivity index (χ0v) is 54.3. The first-order valence-electron chi connectivity index (χ1n) is 34.0. The van der Waals surface area contributed by atoms with Crippen LogP contribution in [0.25, 0.3) is 71.6 Å². The molecule has 2 spiro atoms. The number of hydrogen-bond donors (Lipinski definition) is 0. The van der Waals surface area contributed by atoms with E-state index in [0.717, 1.165) is 115 Å². The summed E-state index contributed by atoms with van der Waals surface area (Å²) >= 11 is 0. The molecule has 0 fully saturated rings. The molecule has 0 saturated heterocycles. The number of nitriles is 1. The summed E-state index contributed by atoms with van der Waals surface area (Å²) < 4.78 is 0. The second-order valence-electron chi connectivity index (χ2n) is 27.4. The fourth-order valence-corrected chi connectivity index (χ4v) is 18.3. The summed E-state index contributed by atoms with van der Waals surface area (Å²) in [5, 5.41) is 12.9. The minimum atomic E-state index is -0.633. The molecule has 456 valence electrons. The van der Waals surface area contributed by atoms with E-state index >= 15 is 0 Å². The fraction of sp³-hybridized carbons (Fsp3) is 0.130. The highest BCUT2D eigenvalue weighted by Gasteiger charge is 2.56. The maximum absolute atomic E-state index is 12.9. The predicted molar refractivity (Wildman–Crippen MR) is 395 cm³/mol. The predicted octanol–water partition coefficient (Wildman–Crippen LogP) is 24.2.